The monoisotopic (exact) mass is 327 g/mol. The predicted molar refractivity (Wildman–Crippen MR) is 91.5 cm³/mol. The fraction of sp³-hybridized carbons (Fsp3) is 0.312. The number of ether oxygens (including phenoxy) is 2. The second-order valence-corrected chi connectivity index (χ2v) is 5.26. The van der Waals surface area contributed by atoms with Crippen molar-refractivity contribution in [2.45, 2.75) is 19.4 Å². The number of hydrogen-bond acceptors (Lipinski definition) is 5. The molecule has 2 aromatic rings. The van der Waals surface area contributed by atoms with Crippen LogP contribution < -0.4 is 5.69 Å². The molecule has 0 aromatic carbocycles. The van der Waals surface area contributed by atoms with E-state index in [1.165, 1.54) is 15.2 Å². The molecule has 1 aliphatic rings. The van der Waals surface area contributed by atoms with Gasteiger partial charge in [-0.2, -0.15) is 0 Å². The molecule has 2 atom stereocenters. The molecule has 0 radical (unpaired) electrons. The first-order valence-corrected chi connectivity index (χ1v) is 7.61. The van der Waals surface area contributed by atoms with Crippen LogP contribution in [-0.4, -0.2) is 46.2 Å². The SMILES string of the molecule is C=CN=C(/C=C\C)c1bc2ccn(C3COC(CO)O3)c(=O)n2c1. The predicted octanol–water partition coefficient (Wildman–Crippen LogP) is 0.812. The van der Waals surface area contributed by atoms with E-state index in [1.54, 1.807) is 12.4 Å². The summed E-state index contributed by atoms with van der Waals surface area (Å²) in [6.45, 7) is 7.37. The molecule has 0 spiro atoms. The third kappa shape index (κ3) is 3.03. The van der Waals surface area contributed by atoms with E-state index in [1.807, 2.05) is 32.1 Å². The number of nitrogens with zero attached hydrogens (tertiary/aromatic N) is 3. The molecule has 3 heterocycles. The van der Waals surface area contributed by atoms with E-state index in [-0.39, 0.29) is 18.9 Å². The van der Waals surface area contributed by atoms with Gasteiger partial charge in [0.2, 0.25) is 0 Å². The molecule has 1 fully saturated rings. The molecule has 1 aliphatic heterocycles. The fourth-order valence-electron chi connectivity index (χ4n) is 2.63. The Kier molecular flexibility index (Phi) is 4.89. The molecule has 0 aliphatic carbocycles. The van der Waals surface area contributed by atoms with E-state index in [0.29, 0.717) is 0 Å². The minimum atomic E-state index is -0.696. The molecule has 24 heavy (non-hydrogen) atoms. The molecule has 8 heteroatoms. The van der Waals surface area contributed by atoms with E-state index in [4.69, 9.17) is 14.6 Å². The third-order valence-electron chi connectivity index (χ3n) is 3.73. The standard InChI is InChI=1S/C16H18BN3O4/c1-3-5-12(18-4-2)11-8-20-13(17-11)6-7-19(16(20)22)14-10-23-15(9-21)24-14/h3-8,14-15,21H,2,9-10H2,1H3/b5-3-,18-12?. The molecule has 0 saturated carbocycles. The maximum atomic E-state index is 12.7. The van der Waals surface area contributed by atoms with Crippen molar-refractivity contribution in [3.05, 3.63) is 59.3 Å². The summed E-state index contributed by atoms with van der Waals surface area (Å²) < 4.78 is 13.7. The van der Waals surface area contributed by atoms with Gasteiger partial charge in [0.15, 0.2) is 0 Å². The van der Waals surface area contributed by atoms with Gasteiger partial charge in [-0.3, -0.25) is 0 Å². The fourth-order valence-corrected chi connectivity index (χ4v) is 2.63. The van der Waals surface area contributed by atoms with Crippen LogP contribution in [0.1, 0.15) is 18.6 Å². The van der Waals surface area contributed by atoms with Gasteiger partial charge in [-0.25, -0.2) is 0 Å². The first-order valence-electron chi connectivity index (χ1n) is 7.61. The van der Waals surface area contributed by atoms with Crippen molar-refractivity contribution < 1.29 is 14.6 Å². The Labute approximate surface area is 139 Å². The molecule has 1 saturated heterocycles. The van der Waals surface area contributed by atoms with Gasteiger partial charge >= 0.3 is 139 Å². The summed E-state index contributed by atoms with van der Waals surface area (Å²) in [4.78, 5) is 16.9. The molecule has 7 nitrogen and oxygen atoms in total. The van der Waals surface area contributed by atoms with Gasteiger partial charge < -0.3 is 0 Å². The number of aliphatic imine (C=N–C) groups is 1. The summed E-state index contributed by atoms with van der Waals surface area (Å²) in [5.41, 5.74) is 2.05. The molecular weight excluding hydrogens is 309 g/mol. The van der Waals surface area contributed by atoms with E-state index in [2.05, 4.69) is 11.6 Å². The van der Waals surface area contributed by atoms with Crippen LogP contribution in [0.15, 0.2) is 53.2 Å². The Balaban J connectivity index is 2.02. The Hall–Kier alpha value is -2.29. The Morgan fingerprint density at radius 3 is 3.12 bits per heavy atom. The van der Waals surface area contributed by atoms with Gasteiger partial charge in [0.05, 0.1) is 0 Å². The van der Waals surface area contributed by atoms with Gasteiger partial charge in [0.1, 0.15) is 0 Å². The van der Waals surface area contributed by atoms with Crippen molar-refractivity contribution in [1.29, 1.82) is 0 Å². The number of rotatable bonds is 5. The van der Waals surface area contributed by atoms with Crippen LogP contribution in [0.3, 0.4) is 0 Å². The average molecular weight is 327 g/mol. The van der Waals surface area contributed by atoms with Crippen molar-refractivity contribution in [3.63, 3.8) is 0 Å². The van der Waals surface area contributed by atoms with Crippen LogP contribution in [0.4, 0.5) is 0 Å². The summed E-state index contributed by atoms with van der Waals surface area (Å²) >= 11 is 0. The van der Waals surface area contributed by atoms with E-state index >= 15 is 0 Å². The Morgan fingerprint density at radius 1 is 1.62 bits per heavy atom. The third-order valence-corrected chi connectivity index (χ3v) is 3.73. The molecular formula is C16H18BN3O4. The topological polar surface area (TPSA) is 77.5 Å². The zero-order valence-corrected chi connectivity index (χ0v) is 13.3. The summed E-state index contributed by atoms with van der Waals surface area (Å²) in [6, 6.07) is 1.82. The second kappa shape index (κ2) is 7.08. The van der Waals surface area contributed by atoms with Crippen molar-refractivity contribution in [1.82, 2.24) is 8.97 Å². The van der Waals surface area contributed by atoms with Gasteiger partial charge in [-0.1, -0.05) is 0 Å². The molecule has 3 rings (SSSR count). The van der Waals surface area contributed by atoms with Gasteiger partial charge in [0, 0.05) is 0 Å². The normalized spacial score (nSPS) is 21.7. The second-order valence-electron chi connectivity index (χ2n) is 5.26. The van der Waals surface area contributed by atoms with Crippen molar-refractivity contribution in [2.75, 3.05) is 13.2 Å². The van der Waals surface area contributed by atoms with E-state index < -0.39 is 12.5 Å². The van der Waals surface area contributed by atoms with E-state index in [0.717, 1.165) is 16.6 Å². The molecule has 0 bridgehead atoms. The van der Waals surface area contributed by atoms with Crippen LogP contribution in [0.25, 0.3) is 5.41 Å². The molecule has 124 valence electrons. The van der Waals surface area contributed by atoms with Crippen LogP contribution in [0.5, 0.6) is 0 Å². The van der Waals surface area contributed by atoms with Crippen molar-refractivity contribution >= 4 is 18.0 Å². The quantitative estimate of drug-likeness (QED) is 0.825. The van der Waals surface area contributed by atoms with Crippen LogP contribution >= 0.6 is 0 Å². The number of aliphatic hydroxyl groups is 1. The van der Waals surface area contributed by atoms with Gasteiger partial charge in [-0.05, 0) is 0 Å². The number of allylic oxidation sites excluding steroid dienone is 2. The summed E-state index contributed by atoms with van der Waals surface area (Å²) in [5.74, 6) is 0. The number of hydrogen-bond donors (Lipinski definition) is 1. The summed E-state index contributed by atoms with van der Waals surface area (Å²) in [7, 11) is 0. The first kappa shape index (κ1) is 16.6. The number of aliphatic hydroxyl groups excluding tert-OH is 1. The molecule has 1 N–H and O–H groups in total. The van der Waals surface area contributed by atoms with Crippen LogP contribution in [0.2, 0.25) is 0 Å². The van der Waals surface area contributed by atoms with Crippen LogP contribution in [0, 0.1) is 0 Å². The zero-order chi connectivity index (χ0) is 17.1. The Morgan fingerprint density at radius 2 is 2.46 bits per heavy atom. The molecule has 2 aromatic heterocycles. The number of fused-ring (bicyclic) bond motifs is 1. The summed E-state index contributed by atoms with van der Waals surface area (Å²) in [5, 5.41) is 9.07. The van der Waals surface area contributed by atoms with Gasteiger partial charge in [-0.15, -0.1) is 0 Å². The van der Waals surface area contributed by atoms with E-state index in [9.17, 15) is 4.79 Å². The Bertz CT molecular complexity index is 868. The molecule has 2 unspecified atom stereocenters. The van der Waals surface area contributed by atoms with Crippen molar-refractivity contribution in [2.24, 2.45) is 4.99 Å². The maximum absolute atomic E-state index is 12.7. The molecule has 0 amide bonds. The first-order chi connectivity index (χ1) is 11.7. The van der Waals surface area contributed by atoms with Crippen LogP contribution in [-0.2, 0) is 9.47 Å². The minimum absolute atomic E-state index is 0.215. The van der Waals surface area contributed by atoms with Gasteiger partial charge in [0.25, 0.3) is 0 Å². The van der Waals surface area contributed by atoms with Crippen molar-refractivity contribution in [3.8, 4) is 0 Å². The zero-order valence-electron chi connectivity index (χ0n) is 13.3. The average Bonchev–Trinajstić information content (AvgIpc) is 3.22. The number of aromatic nitrogens is 2. The summed E-state index contributed by atoms with van der Waals surface area (Å²) in [6.07, 6.45) is 7.34.